The summed E-state index contributed by atoms with van der Waals surface area (Å²) in [6.45, 7) is 8.36. The standard InChI is InChI=1S/C29H28O2/c1-19-17-21(13-15-27(19)30)23-9-5-7-11-25(23)29(3,4)26-12-8-6-10-24(26)22-14-16-28(31)20(2)18-22/h5-18,30-31H,1-4H3. The van der Waals surface area contributed by atoms with Gasteiger partial charge >= 0.3 is 0 Å². The molecule has 4 rings (SSSR count). The Morgan fingerprint density at radius 2 is 0.935 bits per heavy atom. The molecule has 156 valence electrons. The van der Waals surface area contributed by atoms with Crippen LogP contribution in [0.2, 0.25) is 0 Å². The molecule has 0 fully saturated rings. The Balaban J connectivity index is 1.89. The molecule has 0 amide bonds. The second kappa shape index (κ2) is 7.96. The second-order valence-electron chi connectivity index (χ2n) is 8.72. The van der Waals surface area contributed by atoms with Gasteiger partial charge in [-0.25, -0.2) is 0 Å². The molecule has 2 nitrogen and oxygen atoms in total. The third-order valence-corrected chi connectivity index (χ3v) is 6.22. The maximum absolute atomic E-state index is 9.98. The molecule has 4 aromatic rings. The minimum Gasteiger partial charge on any atom is -0.508 e. The van der Waals surface area contributed by atoms with Gasteiger partial charge in [0.05, 0.1) is 0 Å². The van der Waals surface area contributed by atoms with Crippen molar-refractivity contribution in [1.82, 2.24) is 0 Å². The number of rotatable bonds is 4. The van der Waals surface area contributed by atoms with Crippen LogP contribution in [0.3, 0.4) is 0 Å². The molecule has 0 atom stereocenters. The summed E-state index contributed by atoms with van der Waals surface area (Å²) in [4.78, 5) is 0. The van der Waals surface area contributed by atoms with E-state index >= 15 is 0 Å². The van der Waals surface area contributed by atoms with E-state index in [-0.39, 0.29) is 5.41 Å². The van der Waals surface area contributed by atoms with E-state index in [1.165, 1.54) is 11.1 Å². The van der Waals surface area contributed by atoms with Crippen molar-refractivity contribution in [3.05, 3.63) is 107 Å². The number of phenolic OH excluding ortho intramolecular Hbond substituents is 2. The van der Waals surface area contributed by atoms with Gasteiger partial charge in [-0.2, -0.15) is 0 Å². The van der Waals surface area contributed by atoms with Gasteiger partial charge in [0, 0.05) is 5.41 Å². The summed E-state index contributed by atoms with van der Waals surface area (Å²) in [6.07, 6.45) is 0. The minimum atomic E-state index is -0.273. The van der Waals surface area contributed by atoms with Gasteiger partial charge in [0.2, 0.25) is 0 Å². The Labute approximate surface area is 184 Å². The number of phenols is 2. The topological polar surface area (TPSA) is 40.5 Å². The van der Waals surface area contributed by atoms with Crippen molar-refractivity contribution in [3.63, 3.8) is 0 Å². The third-order valence-electron chi connectivity index (χ3n) is 6.22. The van der Waals surface area contributed by atoms with Crippen molar-refractivity contribution in [1.29, 1.82) is 0 Å². The highest BCUT2D eigenvalue weighted by atomic mass is 16.3. The fourth-order valence-electron chi connectivity index (χ4n) is 4.35. The largest absolute Gasteiger partial charge is 0.508 e. The molecular weight excluding hydrogens is 380 g/mol. The quantitative estimate of drug-likeness (QED) is 0.370. The van der Waals surface area contributed by atoms with Gasteiger partial charge in [-0.3, -0.25) is 0 Å². The first kappa shape index (κ1) is 20.7. The SMILES string of the molecule is Cc1cc(-c2ccccc2C(C)(C)c2ccccc2-c2ccc(O)c(C)c2)ccc1O. The average Bonchev–Trinajstić information content (AvgIpc) is 2.77. The van der Waals surface area contributed by atoms with E-state index in [0.717, 1.165) is 33.4 Å². The lowest BCUT2D eigenvalue weighted by Gasteiger charge is -2.31. The van der Waals surface area contributed by atoms with Crippen LogP contribution < -0.4 is 0 Å². The molecule has 4 aromatic carbocycles. The van der Waals surface area contributed by atoms with Crippen LogP contribution in [0.15, 0.2) is 84.9 Å². The lowest BCUT2D eigenvalue weighted by Crippen LogP contribution is -2.21. The van der Waals surface area contributed by atoms with E-state index in [0.29, 0.717) is 11.5 Å². The van der Waals surface area contributed by atoms with Crippen LogP contribution in [0.4, 0.5) is 0 Å². The molecule has 0 spiro atoms. The van der Waals surface area contributed by atoms with Crippen molar-refractivity contribution in [2.24, 2.45) is 0 Å². The molecule has 0 aliphatic rings. The predicted octanol–water partition coefficient (Wildman–Crippen LogP) is 7.37. The molecule has 0 aliphatic heterocycles. The maximum Gasteiger partial charge on any atom is 0.118 e. The zero-order valence-electron chi connectivity index (χ0n) is 18.5. The van der Waals surface area contributed by atoms with Crippen molar-refractivity contribution < 1.29 is 10.2 Å². The van der Waals surface area contributed by atoms with Gasteiger partial charge in [-0.15, -0.1) is 0 Å². The summed E-state index contributed by atoms with van der Waals surface area (Å²) in [7, 11) is 0. The first-order valence-corrected chi connectivity index (χ1v) is 10.6. The third kappa shape index (κ3) is 3.82. The Morgan fingerprint density at radius 1 is 0.548 bits per heavy atom. The highest BCUT2D eigenvalue weighted by Crippen LogP contribution is 2.42. The highest BCUT2D eigenvalue weighted by Gasteiger charge is 2.28. The van der Waals surface area contributed by atoms with Gasteiger partial charge in [0.1, 0.15) is 11.5 Å². The molecule has 0 unspecified atom stereocenters. The molecule has 2 N–H and O–H groups in total. The molecule has 0 aromatic heterocycles. The highest BCUT2D eigenvalue weighted by molar-refractivity contribution is 5.75. The van der Waals surface area contributed by atoms with Crippen LogP contribution in [0.25, 0.3) is 22.3 Å². The summed E-state index contributed by atoms with van der Waals surface area (Å²) < 4.78 is 0. The van der Waals surface area contributed by atoms with Crippen LogP contribution in [0.5, 0.6) is 11.5 Å². The number of aromatic hydroxyl groups is 2. The summed E-state index contributed by atoms with van der Waals surface area (Å²) >= 11 is 0. The molecular formula is C29H28O2. The summed E-state index contributed by atoms with van der Waals surface area (Å²) in [5.74, 6) is 0.627. The Bertz CT molecular complexity index is 1150. The average molecular weight is 409 g/mol. The molecule has 31 heavy (non-hydrogen) atoms. The fourth-order valence-corrected chi connectivity index (χ4v) is 4.35. The molecule has 2 heteroatoms. The lowest BCUT2D eigenvalue weighted by molar-refractivity contribution is 0.471. The van der Waals surface area contributed by atoms with Crippen molar-refractivity contribution in [2.75, 3.05) is 0 Å². The van der Waals surface area contributed by atoms with Crippen LogP contribution in [-0.4, -0.2) is 10.2 Å². The minimum absolute atomic E-state index is 0.273. The number of hydrogen-bond acceptors (Lipinski definition) is 2. The van der Waals surface area contributed by atoms with E-state index < -0.39 is 0 Å². The van der Waals surface area contributed by atoms with Gasteiger partial charge in [0.15, 0.2) is 0 Å². The number of benzene rings is 4. The molecule has 0 aliphatic carbocycles. The van der Waals surface area contributed by atoms with Gasteiger partial charge < -0.3 is 10.2 Å². The lowest BCUT2D eigenvalue weighted by atomic mass is 9.72. The smallest absolute Gasteiger partial charge is 0.118 e. The van der Waals surface area contributed by atoms with E-state index in [1.54, 1.807) is 12.1 Å². The van der Waals surface area contributed by atoms with E-state index in [1.807, 2.05) is 38.1 Å². The molecule has 0 saturated heterocycles. The van der Waals surface area contributed by atoms with Gasteiger partial charge in [-0.1, -0.05) is 74.5 Å². The zero-order chi connectivity index (χ0) is 22.2. The first-order valence-electron chi connectivity index (χ1n) is 10.6. The Kier molecular flexibility index (Phi) is 5.32. The summed E-state index contributed by atoms with van der Waals surface area (Å²) in [5, 5.41) is 20.0. The number of aryl methyl sites for hydroxylation is 2. The monoisotopic (exact) mass is 408 g/mol. The van der Waals surface area contributed by atoms with Crippen LogP contribution in [0.1, 0.15) is 36.1 Å². The van der Waals surface area contributed by atoms with E-state index in [4.69, 9.17) is 0 Å². The predicted molar refractivity (Wildman–Crippen MR) is 129 cm³/mol. The van der Waals surface area contributed by atoms with Crippen molar-refractivity contribution in [3.8, 4) is 33.8 Å². The maximum atomic E-state index is 9.98. The molecule has 0 bridgehead atoms. The van der Waals surface area contributed by atoms with Crippen molar-refractivity contribution in [2.45, 2.75) is 33.1 Å². The van der Waals surface area contributed by atoms with E-state index in [2.05, 4.69) is 62.4 Å². The van der Waals surface area contributed by atoms with Gasteiger partial charge in [-0.05, 0) is 82.6 Å². The van der Waals surface area contributed by atoms with Crippen LogP contribution in [0, 0.1) is 13.8 Å². The number of hydrogen-bond donors (Lipinski definition) is 2. The summed E-state index contributed by atoms with van der Waals surface area (Å²) in [6, 6.07) is 28.5. The van der Waals surface area contributed by atoms with Crippen LogP contribution in [-0.2, 0) is 5.41 Å². The van der Waals surface area contributed by atoms with E-state index in [9.17, 15) is 10.2 Å². The molecule has 0 radical (unpaired) electrons. The van der Waals surface area contributed by atoms with Crippen molar-refractivity contribution >= 4 is 0 Å². The summed E-state index contributed by atoms with van der Waals surface area (Å²) in [5.41, 5.74) is 8.42. The fraction of sp³-hybridized carbons (Fsp3) is 0.172. The molecule has 0 heterocycles. The first-order chi connectivity index (χ1) is 14.8. The second-order valence-corrected chi connectivity index (χ2v) is 8.72. The Morgan fingerprint density at radius 3 is 1.32 bits per heavy atom. The van der Waals surface area contributed by atoms with Gasteiger partial charge in [0.25, 0.3) is 0 Å². The molecule has 0 saturated carbocycles. The normalized spacial score (nSPS) is 11.5. The van der Waals surface area contributed by atoms with Crippen LogP contribution >= 0.6 is 0 Å². The zero-order valence-corrected chi connectivity index (χ0v) is 18.5. The Hall–Kier alpha value is -3.52.